The topological polar surface area (TPSA) is 38.3 Å². The lowest BCUT2D eigenvalue weighted by atomic mass is 10.1. The van der Waals surface area contributed by atoms with Crippen LogP contribution in [0, 0.1) is 0 Å². The molecule has 2 aromatic carbocycles. The van der Waals surface area contributed by atoms with Crippen molar-refractivity contribution in [2.24, 2.45) is 0 Å². The summed E-state index contributed by atoms with van der Waals surface area (Å²) in [5.41, 5.74) is 1.03. The molecule has 2 aromatic rings. The number of benzene rings is 2. The summed E-state index contributed by atoms with van der Waals surface area (Å²) in [7, 11) is 0. The van der Waals surface area contributed by atoms with Gasteiger partial charge in [-0.15, -0.1) is 0 Å². The number of carbonyl (C=O) groups excluding carboxylic acids is 1. The second kappa shape index (κ2) is 11.1. The molecule has 0 bridgehead atoms. The predicted molar refractivity (Wildman–Crippen MR) is 110 cm³/mol. The van der Waals surface area contributed by atoms with Crippen LogP contribution in [0.2, 0.25) is 10.0 Å². The van der Waals surface area contributed by atoms with Crippen molar-refractivity contribution in [3.8, 4) is 5.75 Å². The minimum Gasteiger partial charge on any atom is -0.494 e. The van der Waals surface area contributed by atoms with E-state index >= 15 is 0 Å². The SMILES string of the molecule is CCCCCCCCOc1ccc(C(=O)Nc2cc(Cl)ccc2Cl)cc1. The fraction of sp³-hybridized carbons (Fsp3) is 0.381. The minimum absolute atomic E-state index is 0.239. The van der Waals surface area contributed by atoms with Gasteiger partial charge in [-0.1, -0.05) is 62.2 Å². The molecule has 140 valence electrons. The molecule has 0 saturated heterocycles. The number of rotatable bonds is 10. The third kappa shape index (κ3) is 6.89. The van der Waals surface area contributed by atoms with Gasteiger partial charge >= 0.3 is 0 Å². The van der Waals surface area contributed by atoms with Gasteiger partial charge in [-0.25, -0.2) is 0 Å². The zero-order chi connectivity index (χ0) is 18.8. The summed E-state index contributed by atoms with van der Waals surface area (Å²) in [6.07, 6.45) is 7.39. The summed E-state index contributed by atoms with van der Waals surface area (Å²) in [5.74, 6) is 0.535. The van der Waals surface area contributed by atoms with Gasteiger partial charge in [0.15, 0.2) is 0 Å². The van der Waals surface area contributed by atoms with Gasteiger partial charge in [0, 0.05) is 10.6 Å². The van der Waals surface area contributed by atoms with E-state index < -0.39 is 0 Å². The standard InChI is InChI=1S/C21H25Cl2NO2/c1-2-3-4-5-6-7-14-26-18-11-8-16(9-12-18)21(25)24-20-15-17(22)10-13-19(20)23/h8-13,15H,2-7,14H2,1H3,(H,24,25). The Morgan fingerprint density at radius 2 is 1.65 bits per heavy atom. The highest BCUT2D eigenvalue weighted by atomic mass is 35.5. The van der Waals surface area contributed by atoms with Crippen LogP contribution in [0.25, 0.3) is 0 Å². The third-order valence-corrected chi connectivity index (χ3v) is 4.62. The number of nitrogens with one attached hydrogen (secondary N) is 1. The molecule has 5 heteroatoms. The first kappa shape index (κ1) is 20.6. The van der Waals surface area contributed by atoms with Crippen LogP contribution in [0.4, 0.5) is 5.69 Å². The van der Waals surface area contributed by atoms with Crippen molar-refractivity contribution >= 4 is 34.8 Å². The lowest BCUT2D eigenvalue weighted by Gasteiger charge is -2.09. The van der Waals surface area contributed by atoms with E-state index in [9.17, 15) is 4.79 Å². The molecular formula is C21H25Cl2NO2. The Morgan fingerprint density at radius 3 is 2.38 bits per heavy atom. The predicted octanol–water partition coefficient (Wildman–Crippen LogP) is 6.99. The van der Waals surface area contributed by atoms with Crippen LogP contribution in [0.3, 0.4) is 0 Å². The molecule has 0 aliphatic rings. The van der Waals surface area contributed by atoms with Gasteiger partial charge in [0.05, 0.1) is 17.3 Å². The van der Waals surface area contributed by atoms with Gasteiger partial charge in [0.2, 0.25) is 0 Å². The first-order chi connectivity index (χ1) is 12.6. The molecule has 0 aliphatic carbocycles. The lowest BCUT2D eigenvalue weighted by Crippen LogP contribution is -2.12. The highest BCUT2D eigenvalue weighted by molar-refractivity contribution is 6.35. The summed E-state index contributed by atoms with van der Waals surface area (Å²) < 4.78 is 5.73. The molecule has 0 aliphatic heterocycles. The van der Waals surface area contributed by atoms with E-state index in [1.54, 1.807) is 30.3 Å². The molecule has 1 N–H and O–H groups in total. The molecule has 0 heterocycles. The molecule has 0 spiro atoms. The first-order valence-electron chi connectivity index (χ1n) is 9.09. The number of hydrogen-bond acceptors (Lipinski definition) is 2. The van der Waals surface area contributed by atoms with Gasteiger partial charge in [-0.2, -0.15) is 0 Å². The average molecular weight is 394 g/mol. The maximum Gasteiger partial charge on any atom is 0.255 e. The van der Waals surface area contributed by atoms with Crippen LogP contribution >= 0.6 is 23.2 Å². The molecule has 1 amide bonds. The van der Waals surface area contributed by atoms with Crippen molar-refractivity contribution in [1.29, 1.82) is 0 Å². The monoisotopic (exact) mass is 393 g/mol. The van der Waals surface area contributed by atoms with Crippen molar-refractivity contribution in [3.63, 3.8) is 0 Å². The molecule has 0 aromatic heterocycles. The number of anilines is 1. The Bertz CT molecular complexity index is 702. The quantitative estimate of drug-likeness (QED) is 0.441. The van der Waals surface area contributed by atoms with E-state index in [0.717, 1.165) is 12.2 Å². The van der Waals surface area contributed by atoms with Crippen LogP contribution in [0.1, 0.15) is 55.8 Å². The molecule has 0 fully saturated rings. The van der Waals surface area contributed by atoms with Gasteiger partial charge in [-0.05, 0) is 48.9 Å². The summed E-state index contributed by atoms with van der Waals surface area (Å²) in [6.45, 7) is 2.92. The maximum absolute atomic E-state index is 12.3. The first-order valence-corrected chi connectivity index (χ1v) is 9.85. The Balaban J connectivity index is 1.79. The van der Waals surface area contributed by atoms with E-state index in [1.807, 2.05) is 12.1 Å². The summed E-state index contributed by atoms with van der Waals surface area (Å²) in [6, 6.07) is 12.1. The zero-order valence-electron chi connectivity index (χ0n) is 15.1. The summed E-state index contributed by atoms with van der Waals surface area (Å²) in [5, 5.41) is 3.73. The average Bonchev–Trinajstić information content (AvgIpc) is 2.64. The van der Waals surface area contributed by atoms with Crippen LogP contribution < -0.4 is 10.1 Å². The van der Waals surface area contributed by atoms with Crippen molar-refractivity contribution in [3.05, 3.63) is 58.1 Å². The molecule has 2 rings (SSSR count). The molecule has 0 atom stereocenters. The Kier molecular flexibility index (Phi) is 8.79. The number of unbranched alkanes of at least 4 members (excludes halogenated alkanes) is 5. The normalized spacial score (nSPS) is 10.6. The molecule has 0 unspecified atom stereocenters. The summed E-state index contributed by atoms with van der Waals surface area (Å²) in [4.78, 5) is 12.3. The fourth-order valence-electron chi connectivity index (χ4n) is 2.56. The zero-order valence-corrected chi connectivity index (χ0v) is 16.6. The van der Waals surface area contributed by atoms with E-state index in [0.29, 0.717) is 27.9 Å². The fourth-order valence-corrected chi connectivity index (χ4v) is 2.90. The lowest BCUT2D eigenvalue weighted by molar-refractivity contribution is 0.102. The molecule has 0 saturated carbocycles. The van der Waals surface area contributed by atoms with Gasteiger partial charge in [-0.3, -0.25) is 4.79 Å². The van der Waals surface area contributed by atoms with E-state index in [-0.39, 0.29) is 5.91 Å². The van der Waals surface area contributed by atoms with Crippen molar-refractivity contribution in [1.82, 2.24) is 0 Å². The molecular weight excluding hydrogens is 369 g/mol. The highest BCUT2D eigenvalue weighted by Crippen LogP contribution is 2.26. The van der Waals surface area contributed by atoms with Crippen LogP contribution in [0.5, 0.6) is 5.75 Å². The number of halogens is 2. The van der Waals surface area contributed by atoms with Crippen LogP contribution in [0.15, 0.2) is 42.5 Å². The number of amides is 1. The van der Waals surface area contributed by atoms with Crippen molar-refractivity contribution in [2.75, 3.05) is 11.9 Å². The smallest absolute Gasteiger partial charge is 0.255 e. The largest absolute Gasteiger partial charge is 0.494 e. The number of ether oxygens (including phenoxy) is 1. The highest BCUT2D eigenvalue weighted by Gasteiger charge is 2.09. The van der Waals surface area contributed by atoms with E-state index in [2.05, 4.69) is 12.2 Å². The van der Waals surface area contributed by atoms with Gasteiger partial charge in [0.25, 0.3) is 5.91 Å². The van der Waals surface area contributed by atoms with Gasteiger partial charge in [0.1, 0.15) is 5.75 Å². The van der Waals surface area contributed by atoms with Crippen LogP contribution in [-0.4, -0.2) is 12.5 Å². The Morgan fingerprint density at radius 1 is 0.962 bits per heavy atom. The Hall–Kier alpha value is -1.71. The molecule has 0 radical (unpaired) electrons. The molecule has 3 nitrogen and oxygen atoms in total. The van der Waals surface area contributed by atoms with Crippen molar-refractivity contribution < 1.29 is 9.53 Å². The van der Waals surface area contributed by atoms with E-state index in [1.165, 1.54) is 32.1 Å². The second-order valence-electron chi connectivity index (χ2n) is 6.22. The summed E-state index contributed by atoms with van der Waals surface area (Å²) >= 11 is 12.0. The van der Waals surface area contributed by atoms with Crippen molar-refractivity contribution in [2.45, 2.75) is 45.4 Å². The third-order valence-electron chi connectivity index (χ3n) is 4.06. The van der Waals surface area contributed by atoms with Crippen LogP contribution in [-0.2, 0) is 0 Å². The molecule has 26 heavy (non-hydrogen) atoms. The minimum atomic E-state index is -0.239. The number of carbonyl (C=O) groups is 1. The van der Waals surface area contributed by atoms with E-state index in [4.69, 9.17) is 27.9 Å². The Labute approximate surface area is 165 Å². The van der Waals surface area contributed by atoms with Gasteiger partial charge < -0.3 is 10.1 Å². The maximum atomic E-state index is 12.3. The second-order valence-corrected chi connectivity index (χ2v) is 7.06. The number of hydrogen-bond donors (Lipinski definition) is 1.